The molecule has 2 rings (SSSR count). The number of aryl methyl sites for hydroxylation is 1. The lowest BCUT2D eigenvalue weighted by atomic mass is 10.1. The van der Waals surface area contributed by atoms with E-state index in [9.17, 15) is 16.8 Å². The molecule has 1 heterocycles. The zero-order valence-corrected chi connectivity index (χ0v) is 14.2. The molecule has 0 fully saturated rings. The van der Waals surface area contributed by atoms with Crippen molar-refractivity contribution in [3.8, 4) is 0 Å². The summed E-state index contributed by atoms with van der Waals surface area (Å²) in [5.41, 5.74) is 2.18. The van der Waals surface area contributed by atoms with Crippen molar-refractivity contribution in [1.82, 2.24) is 4.57 Å². The van der Waals surface area contributed by atoms with Gasteiger partial charge in [0.1, 0.15) is 0 Å². The van der Waals surface area contributed by atoms with E-state index in [1.165, 1.54) is 12.1 Å². The van der Waals surface area contributed by atoms with Gasteiger partial charge in [-0.2, -0.15) is 3.71 Å². The van der Waals surface area contributed by atoms with Crippen molar-refractivity contribution in [2.45, 2.75) is 6.42 Å². The average molecular weight is 342 g/mol. The highest BCUT2D eigenvalue weighted by Gasteiger charge is 2.26. The van der Waals surface area contributed by atoms with Crippen molar-refractivity contribution in [1.29, 1.82) is 0 Å². The van der Waals surface area contributed by atoms with Gasteiger partial charge in [-0.3, -0.25) is 0 Å². The van der Waals surface area contributed by atoms with Crippen LogP contribution in [-0.4, -0.2) is 33.9 Å². The topological polar surface area (TPSA) is 76.5 Å². The Labute approximate surface area is 131 Å². The summed E-state index contributed by atoms with van der Waals surface area (Å²) in [5, 5.41) is 0. The molecular formula is C14H18N2O4S2. The summed E-state index contributed by atoms with van der Waals surface area (Å²) in [6, 6.07) is 10.4. The molecule has 0 spiro atoms. The minimum atomic E-state index is -3.90. The predicted molar refractivity (Wildman–Crippen MR) is 86.8 cm³/mol. The highest BCUT2D eigenvalue weighted by Crippen LogP contribution is 2.22. The van der Waals surface area contributed by atoms with E-state index in [0.717, 1.165) is 23.8 Å². The van der Waals surface area contributed by atoms with E-state index < -0.39 is 20.0 Å². The molecular weight excluding hydrogens is 324 g/mol. The molecule has 0 unspecified atom stereocenters. The van der Waals surface area contributed by atoms with Gasteiger partial charge in [0.25, 0.3) is 0 Å². The molecule has 22 heavy (non-hydrogen) atoms. The third kappa shape index (κ3) is 3.69. The number of sulfonamides is 2. The van der Waals surface area contributed by atoms with Crippen molar-refractivity contribution >= 4 is 25.7 Å². The highest BCUT2D eigenvalue weighted by molar-refractivity contribution is 8.09. The molecule has 0 aliphatic heterocycles. The molecule has 6 nitrogen and oxygen atoms in total. The molecule has 0 atom stereocenters. The fraction of sp³-hybridized carbons (Fsp3) is 0.286. The normalized spacial score (nSPS) is 12.3. The van der Waals surface area contributed by atoms with E-state index in [1.807, 2.05) is 29.9 Å². The summed E-state index contributed by atoms with van der Waals surface area (Å²) < 4.78 is 49.3. The Hall–Kier alpha value is -1.80. The molecule has 0 bridgehead atoms. The lowest BCUT2D eigenvalue weighted by Crippen LogP contribution is -2.35. The van der Waals surface area contributed by atoms with Crippen LogP contribution < -0.4 is 3.71 Å². The smallest absolute Gasteiger partial charge is 0.245 e. The molecule has 0 aliphatic rings. The highest BCUT2D eigenvalue weighted by atomic mass is 32.3. The van der Waals surface area contributed by atoms with Gasteiger partial charge in [0.05, 0.1) is 18.2 Å². The summed E-state index contributed by atoms with van der Waals surface area (Å²) in [7, 11) is -5.86. The number of hydrogen-bond acceptors (Lipinski definition) is 4. The van der Waals surface area contributed by atoms with Crippen molar-refractivity contribution in [2.75, 3.05) is 16.2 Å². The van der Waals surface area contributed by atoms with Gasteiger partial charge in [0, 0.05) is 25.4 Å². The van der Waals surface area contributed by atoms with E-state index in [1.54, 1.807) is 12.1 Å². The standard InChI is InChI=1S/C14H18N2O4S2/c1-15-10-4-5-14(15)11-12-6-8-13(9-7-12)16(21(2,17)18)22(3,19)20/h4-10H,11H2,1-3H3. The molecule has 0 saturated heterocycles. The molecule has 120 valence electrons. The lowest BCUT2D eigenvalue weighted by Gasteiger charge is -2.19. The van der Waals surface area contributed by atoms with Crippen LogP contribution in [0.25, 0.3) is 0 Å². The van der Waals surface area contributed by atoms with E-state index >= 15 is 0 Å². The van der Waals surface area contributed by atoms with Crippen molar-refractivity contribution < 1.29 is 16.8 Å². The van der Waals surface area contributed by atoms with Gasteiger partial charge in [0.2, 0.25) is 20.0 Å². The summed E-state index contributed by atoms with van der Waals surface area (Å²) in [5.74, 6) is 0. The first-order chi connectivity index (χ1) is 10.1. The van der Waals surface area contributed by atoms with Gasteiger partial charge in [-0.15, -0.1) is 0 Å². The quantitative estimate of drug-likeness (QED) is 0.822. The summed E-state index contributed by atoms with van der Waals surface area (Å²) in [6.07, 6.45) is 4.36. The zero-order chi connectivity index (χ0) is 16.5. The van der Waals surface area contributed by atoms with Crippen LogP contribution in [0.5, 0.6) is 0 Å². The Morgan fingerprint density at radius 1 is 0.955 bits per heavy atom. The summed E-state index contributed by atoms with van der Waals surface area (Å²) >= 11 is 0. The van der Waals surface area contributed by atoms with E-state index in [-0.39, 0.29) is 5.69 Å². The Bertz CT molecular complexity index is 834. The molecule has 0 aliphatic carbocycles. The number of rotatable bonds is 5. The number of hydrogen-bond donors (Lipinski definition) is 0. The van der Waals surface area contributed by atoms with Crippen molar-refractivity contribution in [2.24, 2.45) is 7.05 Å². The maximum Gasteiger partial charge on any atom is 0.245 e. The van der Waals surface area contributed by atoms with Crippen LogP contribution in [-0.2, 0) is 33.5 Å². The Kier molecular flexibility index (Phi) is 4.35. The molecule has 0 amide bonds. The van der Waals surface area contributed by atoms with Crippen LogP contribution in [0.1, 0.15) is 11.3 Å². The van der Waals surface area contributed by atoms with E-state index in [0.29, 0.717) is 10.1 Å². The first-order valence-corrected chi connectivity index (χ1v) is 10.2. The third-order valence-electron chi connectivity index (χ3n) is 3.19. The second kappa shape index (κ2) is 5.77. The van der Waals surface area contributed by atoms with Crippen molar-refractivity contribution in [3.05, 3.63) is 53.9 Å². The Morgan fingerprint density at radius 3 is 1.91 bits per heavy atom. The van der Waals surface area contributed by atoms with Gasteiger partial charge >= 0.3 is 0 Å². The van der Waals surface area contributed by atoms with Gasteiger partial charge in [-0.05, 0) is 29.8 Å². The van der Waals surface area contributed by atoms with Gasteiger partial charge in [-0.1, -0.05) is 12.1 Å². The minimum Gasteiger partial charge on any atom is -0.354 e. The van der Waals surface area contributed by atoms with Gasteiger partial charge in [0.15, 0.2) is 0 Å². The maximum absolute atomic E-state index is 11.7. The van der Waals surface area contributed by atoms with Crippen LogP contribution in [0.4, 0.5) is 5.69 Å². The number of aromatic nitrogens is 1. The van der Waals surface area contributed by atoms with Gasteiger partial charge in [-0.25, -0.2) is 16.8 Å². The molecule has 1 aromatic carbocycles. The first kappa shape index (κ1) is 16.6. The SMILES string of the molecule is Cn1cccc1Cc1ccc(N(S(C)(=O)=O)S(C)(=O)=O)cc1. The largest absolute Gasteiger partial charge is 0.354 e. The number of benzene rings is 1. The summed E-state index contributed by atoms with van der Waals surface area (Å²) in [6.45, 7) is 0. The second-order valence-electron chi connectivity index (χ2n) is 5.18. The van der Waals surface area contributed by atoms with Crippen LogP contribution in [0.2, 0.25) is 0 Å². The fourth-order valence-electron chi connectivity index (χ4n) is 2.25. The molecule has 0 N–H and O–H groups in total. The van der Waals surface area contributed by atoms with Crippen LogP contribution in [0, 0.1) is 0 Å². The second-order valence-corrected chi connectivity index (χ2v) is 9.07. The van der Waals surface area contributed by atoms with E-state index in [4.69, 9.17) is 0 Å². The minimum absolute atomic E-state index is 0.112. The van der Waals surface area contributed by atoms with Crippen LogP contribution in [0.15, 0.2) is 42.6 Å². The van der Waals surface area contributed by atoms with Crippen molar-refractivity contribution in [3.63, 3.8) is 0 Å². The monoisotopic (exact) mass is 342 g/mol. The molecule has 2 aromatic rings. The van der Waals surface area contributed by atoms with Crippen LogP contribution in [0.3, 0.4) is 0 Å². The summed E-state index contributed by atoms with van der Waals surface area (Å²) in [4.78, 5) is 0. The van der Waals surface area contributed by atoms with Crippen LogP contribution >= 0.6 is 0 Å². The van der Waals surface area contributed by atoms with E-state index in [2.05, 4.69) is 0 Å². The molecule has 0 saturated carbocycles. The number of anilines is 1. The van der Waals surface area contributed by atoms with Gasteiger partial charge < -0.3 is 4.57 Å². The molecule has 0 radical (unpaired) electrons. The number of nitrogens with zero attached hydrogens (tertiary/aromatic N) is 2. The molecule has 8 heteroatoms. The Morgan fingerprint density at radius 2 is 1.50 bits per heavy atom. The molecule has 1 aromatic heterocycles. The first-order valence-electron chi connectivity index (χ1n) is 6.48. The Balaban J connectivity index is 2.33. The zero-order valence-electron chi connectivity index (χ0n) is 12.6. The third-order valence-corrected chi connectivity index (χ3v) is 6.44. The maximum atomic E-state index is 11.7. The predicted octanol–water partition coefficient (Wildman–Crippen LogP) is 1.34. The average Bonchev–Trinajstić information content (AvgIpc) is 2.74. The fourth-order valence-corrected chi connectivity index (χ4v) is 5.23. The lowest BCUT2D eigenvalue weighted by molar-refractivity contribution is 0.590.